The van der Waals surface area contributed by atoms with E-state index < -0.39 is 5.82 Å². The Morgan fingerprint density at radius 1 is 1.26 bits per heavy atom. The molecule has 2 rings (SSSR count). The van der Waals surface area contributed by atoms with E-state index in [-0.39, 0.29) is 6.61 Å². The summed E-state index contributed by atoms with van der Waals surface area (Å²) in [4.78, 5) is 0. The number of benzene rings is 2. The van der Waals surface area contributed by atoms with E-state index in [4.69, 9.17) is 15.7 Å². The number of nitrogen functional groups attached to an aromatic ring is 1. The third-order valence-electron chi connectivity index (χ3n) is 2.76. The minimum atomic E-state index is -0.438. The highest BCUT2D eigenvalue weighted by Gasteiger charge is 2.06. The van der Waals surface area contributed by atoms with Crippen LogP contribution in [0, 0.1) is 24.1 Å². The molecule has 0 atom stereocenters. The van der Waals surface area contributed by atoms with Gasteiger partial charge >= 0.3 is 0 Å². The predicted octanol–water partition coefficient (Wildman–Crippen LogP) is 3.17. The minimum Gasteiger partial charge on any atom is -0.489 e. The molecule has 0 heterocycles. The molecule has 3 nitrogen and oxygen atoms in total. The molecule has 19 heavy (non-hydrogen) atoms. The number of nitrogens with zero attached hydrogens (tertiary/aromatic N) is 1. The fraction of sp³-hybridized carbons (Fsp3) is 0.133. The lowest BCUT2D eigenvalue weighted by atomic mass is 10.1. The van der Waals surface area contributed by atoms with Crippen LogP contribution in [0.25, 0.3) is 0 Å². The first kappa shape index (κ1) is 12.9. The maximum atomic E-state index is 13.7. The molecule has 2 N–H and O–H groups in total. The van der Waals surface area contributed by atoms with Crippen LogP contribution in [0.1, 0.15) is 16.7 Å². The van der Waals surface area contributed by atoms with E-state index in [1.54, 1.807) is 30.3 Å². The summed E-state index contributed by atoms with van der Waals surface area (Å²) in [7, 11) is 0. The van der Waals surface area contributed by atoms with Gasteiger partial charge in [-0.2, -0.15) is 5.26 Å². The van der Waals surface area contributed by atoms with Crippen LogP contribution in [0.4, 0.5) is 10.1 Å². The van der Waals surface area contributed by atoms with Crippen molar-refractivity contribution in [3.05, 3.63) is 58.9 Å². The normalized spacial score (nSPS) is 9.95. The molecular formula is C15H13FN2O. The van der Waals surface area contributed by atoms with Gasteiger partial charge in [0.25, 0.3) is 0 Å². The van der Waals surface area contributed by atoms with Gasteiger partial charge in [0, 0.05) is 11.3 Å². The molecule has 0 radical (unpaired) electrons. The Hall–Kier alpha value is -2.54. The molecule has 0 fully saturated rings. The molecule has 0 bridgehead atoms. The molecule has 0 aliphatic heterocycles. The SMILES string of the molecule is Cc1cc(N)ccc1OCc1ccc(C#N)cc1F. The van der Waals surface area contributed by atoms with E-state index in [2.05, 4.69) is 0 Å². The number of rotatable bonds is 3. The van der Waals surface area contributed by atoms with Crippen LogP contribution in [-0.2, 0) is 6.61 Å². The van der Waals surface area contributed by atoms with Crippen LogP contribution in [0.15, 0.2) is 36.4 Å². The highest BCUT2D eigenvalue weighted by atomic mass is 19.1. The van der Waals surface area contributed by atoms with Crippen molar-refractivity contribution in [2.45, 2.75) is 13.5 Å². The zero-order chi connectivity index (χ0) is 13.8. The van der Waals surface area contributed by atoms with Crippen molar-refractivity contribution in [3.8, 4) is 11.8 Å². The number of halogens is 1. The summed E-state index contributed by atoms with van der Waals surface area (Å²) in [5.41, 5.74) is 7.91. The number of aryl methyl sites for hydroxylation is 1. The lowest BCUT2D eigenvalue weighted by Gasteiger charge is -2.10. The summed E-state index contributed by atoms with van der Waals surface area (Å²) in [6.45, 7) is 1.99. The number of hydrogen-bond acceptors (Lipinski definition) is 3. The third kappa shape index (κ3) is 3.02. The number of nitriles is 1. The van der Waals surface area contributed by atoms with Gasteiger partial charge in [-0.3, -0.25) is 0 Å². The van der Waals surface area contributed by atoms with Gasteiger partial charge in [0.2, 0.25) is 0 Å². The summed E-state index contributed by atoms with van der Waals surface area (Å²) >= 11 is 0. The number of hydrogen-bond donors (Lipinski definition) is 1. The Bertz CT molecular complexity index is 647. The summed E-state index contributed by atoms with van der Waals surface area (Å²) in [5, 5.41) is 8.66. The fourth-order valence-electron chi connectivity index (χ4n) is 1.72. The first-order chi connectivity index (χ1) is 9.10. The van der Waals surface area contributed by atoms with Gasteiger partial charge in [-0.05, 0) is 42.8 Å². The van der Waals surface area contributed by atoms with Crippen molar-refractivity contribution in [1.82, 2.24) is 0 Å². The maximum absolute atomic E-state index is 13.7. The van der Waals surface area contributed by atoms with E-state index in [1.807, 2.05) is 13.0 Å². The molecule has 4 heteroatoms. The predicted molar refractivity (Wildman–Crippen MR) is 71.0 cm³/mol. The molecule has 0 amide bonds. The van der Waals surface area contributed by atoms with E-state index in [1.165, 1.54) is 6.07 Å². The van der Waals surface area contributed by atoms with Crippen LogP contribution >= 0.6 is 0 Å². The van der Waals surface area contributed by atoms with Gasteiger partial charge < -0.3 is 10.5 Å². The zero-order valence-electron chi connectivity index (χ0n) is 10.5. The van der Waals surface area contributed by atoms with Gasteiger partial charge in [0.15, 0.2) is 0 Å². The van der Waals surface area contributed by atoms with Gasteiger partial charge in [-0.1, -0.05) is 6.07 Å². The van der Waals surface area contributed by atoms with Crippen molar-refractivity contribution >= 4 is 5.69 Å². The Labute approximate surface area is 111 Å². The molecule has 0 saturated heterocycles. The van der Waals surface area contributed by atoms with Crippen molar-refractivity contribution in [2.24, 2.45) is 0 Å². The second-order valence-corrected chi connectivity index (χ2v) is 4.23. The Morgan fingerprint density at radius 3 is 2.68 bits per heavy atom. The summed E-state index contributed by atoms with van der Waals surface area (Å²) in [6.07, 6.45) is 0. The summed E-state index contributed by atoms with van der Waals surface area (Å²) in [6, 6.07) is 11.5. The molecule has 0 aromatic heterocycles. The Balaban J connectivity index is 2.13. The minimum absolute atomic E-state index is 0.113. The molecule has 2 aromatic rings. The van der Waals surface area contributed by atoms with E-state index in [9.17, 15) is 4.39 Å². The highest BCUT2D eigenvalue weighted by molar-refractivity contribution is 5.47. The van der Waals surface area contributed by atoms with Crippen molar-refractivity contribution < 1.29 is 9.13 Å². The van der Waals surface area contributed by atoms with Crippen molar-refractivity contribution in [2.75, 3.05) is 5.73 Å². The van der Waals surface area contributed by atoms with Crippen LogP contribution < -0.4 is 10.5 Å². The van der Waals surface area contributed by atoms with Crippen LogP contribution in [-0.4, -0.2) is 0 Å². The molecule has 0 spiro atoms. The smallest absolute Gasteiger partial charge is 0.131 e. The summed E-state index contributed by atoms with van der Waals surface area (Å²) in [5.74, 6) is 0.227. The molecule has 0 saturated carbocycles. The van der Waals surface area contributed by atoms with Crippen molar-refractivity contribution in [1.29, 1.82) is 5.26 Å². The van der Waals surface area contributed by atoms with E-state index >= 15 is 0 Å². The molecule has 0 aliphatic rings. The number of nitrogens with two attached hydrogens (primary N) is 1. The van der Waals surface area contributed by atoms with E-state index in [0.29, 0.717) is 22.6 Å². The van der Waals surface area contributed by atoms with Crippen molar-refractivity contribution in [3.63, 3.8) is 0 Å². The molecule has 0 aliphatic carbocycles. The Morgan fingerprint density at radius 2 is 2.05 bits per heavy atom. The molecule has 2 aromatic carbocycles. The lowest BCUT2D eigenvalue weighted by molar-refractivity contribution is 0.298. The fourth-order valence-corrected chi connectivity index (χ4v) is 1.72. The van der Waals surface area contributed by atoms with Crippen LogP contribution in [0.3, 0.4) is 0 Å². The average Bonchev–Trinajstić information content (AvgIpc) is 2.39. The quantitative estimate of drug-likeness (QED) is 0.858. The van der Waals surface area contributed by atoms with Crippen LogP contribution in [0.2, 0.25) is 0 Å². The van der Waals surface area contributed by atoms with Gasteiger partial charge in [-0.15, -0.1) is 0 Å². The standard InChI is InChI=1S/C15H13FN2O/c1-10-6-13(18)4-5-15(10)19-9-12-3-2-11(8-17)7-14(12)16/h2-7H,9,18H2,1H3. The number of ether oxygens (including phenoxy) is 1. The molecular weight excluding hydrogens is 243 g/mol. The van der Waals surface area contributed by atoms with Gasteiger partial charge in [0.1, 0.15) is 18.2 Å². The largest absolute Gasteiger partial charge is 0.489 e. The van der Waals surface area contributed by atoms with Gasteiger partial charge in [-0.25, -0.2) is 4.39 Å². The monoisotopic (exact) mass is 256 g/mol. The lowest BCUT2D eigenvalue weighted by Crippen LogP contribution is -2.00. The average molecular weight is 256 g/mol. The van der Waals surface area contributed by atoms with Crippen LogP contribution in [0.5, 0.6) is 5.75 Å². The Kier molecular flexibility index (Phi) is 3.67. The second kappa shape index (κ2) is 5.40. The third-order valence-corrected chi connectivity index (χ3v) is 2.76. The maximum Gasteiger partial charge on any atom is 0.131 e. The number of anilines is 1. The summed E-state index contributed by atoms with van der Waals surface area (Å²) < 4.78 is 19.2. The first-order valence-corrected chi connectivity index (χ1v) is 5.77. The zero-order valence-corrected chi connectivity index (χ0v) is 10.5. The molecule has 96 valence electrons. The van der Waals surface area contributed by atoms with E-state index in [0.717, 1.165) is 5.56 Å². The van der Waals surface area contributed by atoms with Gasteiger partial charge in [0.05, 0.1) is 11.6 Å². The first-order valence-electron chi connectivity index (χ1n) is 5.77. The topological polar surface area (TPSA) is 59.0 Å². The highest BCUT2D eigenvalue weighted by Crippen LogP contribution is 2.22. The second-order valence-electron chi connectivity index (χ2n) is 4.23. The molecule has 0 unspecified atom stereocenters.